The number of aromatic nitrogens is 1. The van der Waals surface area contributed by atoms with Gasteiger partial charge in [0.2, 0.25) is 11.0 Å². The van der Waals surface area contributed by atoms with E-state index in [0.717, 1.165) is 22.4 Å². The highest BCUT2D eigenvalue weighted by Gasteiger charge is 2.22. The van der Waals surface area contributed by atoms with E-state index in [1.807, 2.05) is 6.07 Å². The molecule has 1 aliphatic rings. The normalized spacial score (nSPS) is 15.4. The molecule has 5 rings (SSSR count). The lowest BCUT2D eigenvalue weighted by Crippen LogP contribution is -2.30. The van der Waals surface area contributed by atoms with E-state index in [-0.39, 0.29) is 0 Å². The smallest absolute Gasteiger partial charge is 0.217 e. The van der Waals surface area contributed by atoms with Gasteiger partial charge in [0.25, 0.3) is 0 Å². The lowest BCUT2D eigenvalue weighted by Gasteiger charge is -2.17. The SMILES string of the molecule is C[n+]1c2ccccc2c(-c2ccccc2)c2cc3c(cc21)OCCOCCOCCO3. The quantitative estimate of drug-likeness (QED) is 0.343. The Bertz CT molecular complexity index is 1210. The van der Waals surface area contributed by atoms with Crippen molar-refractivity contribution < 1.29 is 23.5 Å². The lowest BCUT2D eigenvalue weighted by atomic mass is 9.95. The van der Waals surface area contributed by atoms with E-state index in [1.54, 1.807) is 0 Å². The van der Waals surface area contributed by atoms with Gasteiger partial charge >= 0.3 is 0 Å². The van der Waals surface area contributed by atoms with Crippen LogP contribution >= 0.6 is 0 Å². The maximum absolute atomic E-state index is 6.11. The van der Waals surface area contributed by atoms with Gasteiger partial charge < -0.3 is 18.9 Å². The van der Waals surface area contributed by atoms with Gasteiger partial charge in [-0.25, -0.2) is 0 Å². The molecule has 0 amide bonds. The van der Waals surface area contributed by atoms with Crippen LogP contribution in [0.5, 0.6) is 11.5 Å². The molecule has 3 aromatic carbocycles. The molecular formula is C26H26NO4+. The van der Waals surface area contributed by atoms with Crippen LogP contribution in [0.25, 0.3) is 32.9 Å². The van der Waals surface area contributed by atoms with Crippen LogP contribution in [-0.2, 0) is 16.5 Å². The third-order valence-corrected chi connectivity index (χ3v) is 5.63. The third-order valence-electron chi connectivity index (χ3n) is 5.63. The predicted octanol–water partition coefficient (Wildman–Crippen LogP) is 4.29. The van der Waals surface area contributed by atoms with E-state index in [1.165, 1.54) is 22.0 Å². The highest BCUT2D eigenvalue weighted by Crippen LogP contribution is 2.39. The standard InChI is InChI=1S/C26H26NO4/c1-27-22-10-6-5-9-20(22)26(19-7-3-2-4-8-19)21-17-24-25(18-23(21)27)31-16-14-29-12-11-28-13-15-30-24/h2-10,17-18H,11-16H2,1H3/q+1. The highest BCUT2D eigenvalue weighted by atomic mass is 16.6. The molecule has 31 heavy (non-hydrogen) atoms. The van der Waals surface area contributed by atoms with Crippen molar-refractivity contribution in [1.29, 1.82) is 0 Å². The predicted molar refractivity (Wildman–Crippen MR) is 121 cm³/mol. The second kappa shape index (κ2) is 8.92. The summed E-state index contributed by atoms with van der Waals surface area (Å²) < 4.78 is 25.6. The number of hydrogen-bond donors (Lipinski definition) is 0. The second-order valence-corrected chi connectivity index (χ2v) is 7.55. The van der Waals surface area contributed by atoms with E-state index >= 15 is 0 Å². The molecule has 0 saturated carbocycles. The minimum absolute atomic E-state index is 0.461. The summed E-state index contributed by atoms with van der Waals surface area (Å²) >= 11 is 0. The molecular weight excluding hydrogens is 390 g/mol. The Balaban J connectivity index is 1.75. The molecule has 1 aliphatic heterocycles. The molecule has 4 aromatic rings. The zero-order valence-corrected chi connectivity index (χ0v) is 17.7. The van der Waals surface area contributed by atoms with Gasteiger partial charge in [-0.05, 0) is 17.7 Å². The van der Waals surface area contributed by atoms with Crippen LogP contribution in [0.15, 0.2) is 66.7 Å². The van der Waals surface area contributed by atoms with Gasteiger partial charge in [0, 0.05) is 11.6 Å². The monoisotopic (exact) mass is 416 g/mol. The average Bonchev–Trinajstić information content (AvgIpc) is 2.80. The van der Waals surface area contributed by atoms with E-state index in [0.29, 0.717) is 39.6 Å². The van der Waals surface area contributed by atoms with Crippen molar-refractivity contribution in [2.45, 2.75) is 0 Å². The molecule has 0 spiro atoms. The molecule has 5 heteroatoms. The maximum Gasteiger partial charge on any atom is 0.217 e. The summed E-state index contributed by atoms with van der Waals surface area (Å²) in [7, 11) is 2.10. The van der Waals surface area contributed by atoms with Gasteiger partial charge in [0.05, 0.1) is 43.3 Å². The first-order valence-corrected chi connectivity index (χ1v) is 10.7. The molecule has 0 saturated heterocycles. The van der Waals surface area contributed by atoms with E-state index < -0.39 is 0 Å². The van der Waals surface area contributed by atoms with Crippen molar-refractivity contribution in [1.82, 2.24) is 0 Å². The van der Waals surface area contributed by atoms with Crippen molar-refractivity contribution >= 4 is 21.8 Å². The molecule has 0 bridgehead atoms. The number of pyridine rings is 1. The summed E-state index contributed by atoms with van der Waals surface area (Å²) in [4.78, 5) is 0. The molecule has 158 valence electrons. The third kappa shape index (κ3) is 3.94. The summed E-state index contributed by atoms with van der Waals surface area (Å²) in [6, 6.07) is 23.2. The molecule has 0 aliphatic carbocycles. The van der Waals surface area contributed by atoms with Crippen LogP contribution in [-0.4, -0.2) is 39.6 Å². The van der Waals surface area contributed by atoms with Gasteiger partial charge in [-0.1, -0.05) is 42.5 Å². The molecule has 0 N–H and O–H groups in total. The zero-order chi connectivity index (χ0) is 21.0. The number of ether oxygens (including phenoxy) is 4. The first kappa shape index (κ1) is 19.8. The lowest BCUT2D eigenvalue weighted by molar-refractivity contribution is -0.617. The number of aryl methyl sites for hydroxylation is 1. The van der Waals surface area contributed by atoms with E-state index in [2.05, 4.69) is 72.3 Å². The fraction of sp³-hybridized carbons (Fsp3) is 0.269. The minimum atomic E-state index is 0.461. The van der Waals surface area contributed by atoms with Crippen molar-refractivity contribution in [2.75, 3.05) is 39.6 Å². The van der Waals surface area contributed by atoms with Crippen LogP contribution in [0, 0.1) is 0 Å². The number of hydrogen-bond acceptors (Lipinski definition) is 4. The van der Waals surface area contributed by atoms with Crippen LogP contribution in [0.3, 0.4) is 0 Å². The topological polar surface area (TPSA) is 40.8 Å². The molecule has 5 nitrogen and oxygen atoms in total. The van der Waals surface area contributed by atoms with Crippen LogP contribution in [0.4, 0.5) is 0 Å². The number of rotatable bonds is 1. The molecule has 2 heterocycles. The summed E-state index contributed by atoms with van der Waals surface area (Å²) in [5, 5.41) is 2.33. The fourth-order valence-electron chi connectivity index (χ4n) is 4.16. The van der Waals surface area contributed by atoms with Crippen molar-refractivity contribution in [2.24, 2.45) is 7.05 Å². The molecule has 0 atom stereocenters. The maximum atomic E-state index is 6.11. The van der Waals surface area contributed by atoms with Crippen LogP contribution < -0.4 is 14.0 Å². The highest BCUT2D eigenvalue weighted by molar-refractivity contribution is 6.07. The van der Waals surface area contributed by atoms with Gasteiger partial charge in [-0.15, -0.1) is 0 Å². The molecule has 0 fully saturated rings. The Labute approximate surface area is 181 Å². The fourth-order valence-corrected chi connectivity index (χ4v) is 4.16. The zero-order valence-electron chi connectivity index (χ0n) is 17.7. The molecule has 0 unspecified atom stereocenters. The Kier molecular flexibility index (Phi) is 5.69. The van der Waals surface area contributed by atoms with Crippen LogP contribution in [0.2, 0.25) is 0 Å². The minimum Gasteiger partial charge on any atom is -0.487 e. The van der Waals surface area contributed by atoms with Crippen molar-refractivity contribution in [3.05, 3.63) is 66.7 Å². The largest absolute Gasteiger partial charge is 0.487 e. The van der Waals surface area contributed by atoms with E-state index in [9.17, 15) is 0 Å². The first-order chi connectivity index (χ1) is 15.3. The summed E-state index contributed by atoms with van der Waals surface area (Å²) in [5.74, 6) is 1.45. The van der Waals surface area contributed by atoms with Gasteiger partial charge in [-0.3, -0.25) is 0 Å². The number of fused-ring (bicyclic) bond motifs is 3. The van der Waals surface area contributed by atoms with Crippen molar-refractivity contribution in [3.63, 3.8) is 0 Å². The number of nitrogens with zero attached hydrogens (tertiary/aromatic N) is 1. The van der Waals surface area contributed by atoms with Crippen LogP contribution in [0.1, 0.15) is 0 Å². The summed E-state index contributed by atoms with van der Waals surface area (Å²) in [5.41, 5.74) is 4.63. The van der Waals surface area contributed by atoms with Gasteiger partial charge in [0.15, 0.2) is 11.5 Å². The second-order valence-electron chi connectivity index (χ2n) is 7.55. The summed E-state index contributed by atoms with van der Waals surface area (Å²) in [6.07, 6.45) is 0. The average molecular weight is 416 g/mol. The number of benzene rings is 3. The first-order valence-electron chi connectivity index (χ1n) is 10.7. The van der Waals surface area contributed by atoms with E-state index in [4.69, 9.17) is 18.9 Å². The Morgan fingerprint density at radius 2 is 1.23 bits per heavy atom. The van der Waals surface area contributed by atoms with Gasteiger partial charge in [0.1, 0.15) is 20.3 Å². The Hall–Kier alpha value is -3.15. The van der Waals surface area contributed by atoms with Crippen molar-refractivity contribution in [3.8, 4) is 22.6 Å². The molecule has 0 radical (unpaired) electrons. The molecule has 1 aromatic heterocycles. The number of para-hydroxylation sites is 1. The summed E-state index contributed by atoms with van der Waals surface area (Å²) in [6.45, 7) is 3.08. The Morgan fingerprint density at radius 1 is 0.613 bits per heavy atom. The van der Waals surface area contributed by atoms with Gasteiger partial charge in [-0.2, -0.15) is 4.57 Å². The Morgan fingerprint density at radius 3 is 1.97 bits per heavy atom.